The molecule has 1 atom stereocenters. The summed E-state index contributed by atoms with van der Waals surface area (Å²) in [4.78, 5) is 26.8. The van der Waals surface area contributed by atoms with Crippen LogP contribution in [0.15, 0.2) is 78.9 Å². The highest BCUT2D eigenvalue weighted by Gasteiger charge is 2.34. The van der Waals surface area contributed by atoms with Crippen LogP contribution in [0.2, 0.25) is 0 Å². The lowest BCUT2D eigenvalue weighted by Crippen LogP contribution is -2.27. The molecule has 1 heterocycles. The van der Waals surface area contributed by atoms with Crippen molar-refractivity contribution in [2.45, 2.75) is 38.0 Å². The van der Waals surface area contributed by atoms with Crippen LogP contribution < -0.4 is 10.2 Å². The summed E-state index contributed by atoms with van der Waals surface area (Å²) in [6.07, 6.45) is 1.16. The monoisotopic (exact) mass is 444 g/mol. The molecule has 0 aromatic heterocycles. The maximum absolute atomic E-state index is 12.6. The van der Waals surface area contributed by atoms with E-state index >= 15 is 0 Å². The molecule has 0 spiro atoms. The normalized spacial score (nSPS) is 15.9. The minimum absolute atomic E-state index is 0.00103. The van der Waals surface area contributed by atoms with Gasteiger partial charge in [0.2, 0.25) is 11.8 Å². The van der Waals surface area contributed by atoms with Crippen molar-refractivity contribution in [1.82, 2.24) is 0 Å². The van der Waals surface area contributed by atoms with Crippen molar-refractivity contribution >= 4 is 35.0 Å². The van der Waals surface area contributed by atoms with Gasteiger partial charge in [0, 0.05) is 17.8 Å². The molecular weight excluding hydrogens is 416 g/mol. The summed E-state index contributed by atoms with van der Waals surface area (Å²) in [7, 11) is 0. The van der Waals surface area contributed by atoms with E-state index in [2.05, 4.69) is 31.3 Å². The van der Waals surface area contributed by atoms with Gasteiger partial charge in [0.25, 0.3) is 0 Å². The highest BCUT2D eigenvalue weighted by Crippen LogP contribution is 2.42. The lowest BCUT2D eigenvalue weighted by molar-refractivity contribution is -0.116. The Balaban J connectivity index is 1.41. The standard InChI is InChI=1S/C27H28N2O2S/c1-19(2)21-11-15-24(16-12-21)29-26(31)18-32-27(29)22-9-13-23(14-10-22)28-25(30)17-8-20-6-4-3-5-7-20/h3-7,9-16,19,27H,8,17-18H2,1-2H3,(H,28,30). The van der Waals surface area contributed by atoms with E-state index < -0.39 is 0 Å². The topological polar surface area (TPSA) is 49.4 Å². The third-order valence-corrected chi connectivity index (χ3v) is 6.88. The Hall–Kier alpha value is -3.05. The van der Waals surface area contributed by atoms with Crippen LogP contribution in [0.4, 0.5) is 11.4 Å². The fourth-order valence-corrected chi connectivity index (χ4v) is 5.00. The summed E-state index contributed by atoms with van der Waals surface area (Å²) in [5.74, 6) is 1.04. The van der Waals surface area contributed by atoms with Crippen LogP contribution in [-0.4, -0.2) is 17.6 Å². The van der Waals surface area contributed by atoms with Crippen LogP contribution >= 0.6 is 11.8 Å². The van der Waals surface area contributed by atoms with E-state index in [0.29, 0.717) is 18.1 Å². The number of carbonyl (C=O) groups is 2. The summed E-state index contributed by atoms with van der Waals surface area (Å²) in [5, 5.41) is 2.91. The summed E-state index contributed by atoms with van der Waals surface area (Å²) in [5.41, 5.74) is 5.16. The highest BCUT2D eigenvalue weighted by molar-refractivity contribution is 8.00. The maximum Gasteiger partial charge on any atom is 0.238 e. The van der Waals surface area contributed by atoms with Gasteiger partial charge in [0.1, 0.15) is 5.37 Å². The Morgan fingerprint density at radius 1 is 1.00 bits per heavy atom. The number of nitrogens with zero attached hydrogens (tertiary/aromatic N) is 1. The van der Waals surface area contributed by atoms with Gasteiger partial charge in [-0.2, -0.15) is 0 Å². The fourth-order valence-electron chi connectivity index (χ4n) is 3.83. The smallest absolute Gasteiger partial charge is 0.238 e. The van der Waals surface area contributed by atoms with Crippen LogP contribution in [0.1, 0.15) is 48.3 Å². The Morgan fingerprint density at radius 3 is 2.34 bits per heavy atom. The number of carbonyl (C=O) groups excluding carboxylic acids is 2. The molecule has 1 saturated heterocycles. The van der Waals surface area contributed by atoms with Gasteiger partial charge in [0.05, 0.1) is 5.75 Å². The molecule has 164 valence electrons. The van der Waals surface area contributed by atoms with Gasteiger partial charge in [-0.3, -0.25) is 14.5 Å². The fraction of sp³-hybridized carbons (Fsp3) is 0.259. The predicted octanol–water partition coefficient (Wildman–Crippen LogP) is 6.16. The quantitative estimate of drug-likeness (QED) is 0.475. The van der Waals surface area contributed by atoms with Gasteiger partial charge < -0.3 is 5.32 Å². The number of nitrogens with one attached hydrogen (secondary N) is 1. The van der Waals surface area contributed by atoms with Gasteiger partial charge in [-0.15, -0.1) is 11.8 Å². The maximum atomic E-state index is 12.6. The molecule has 2 amide bonds. The van der Waals surface area contributed by atoms with E-state index in [-0.39, 0.29) is 17.2 Å². The van der Waals surface area contributed by atoms with E-state index in [0.717, 1.165) is 28.9 Å². The molecule has 3 aromatic rings. The number of benzene rings is 3. The summed E-state index contributed by atoms with van der Waals surface area (Å²) < 4.78 is 0. The molecule has 0 bridgehead atoms. The molecule has 1 unspecified atom stereocenters. The Kier molecular flexibility index (Phi) is 6.96. The second kappa shape index (κ2) is 10.0. The summed E-state index contributed by atoms with van der Waals surface area (Å²) in [6.45, 7) is 4.33. The number of aryl methyl sites for hydroxylation is 1. The van der Waals surface area contributed by atoms with Crippen molar-refractivity contribution in [3.05, 3.63) is 95.6 Å². The molecular formula is C27H28N2O2S. The first kappa shape index (κ1) is 22.2. The summed E-state index contributed by atoms with van der Waals surface area (Å²) >= 11 is 1.63. The number of amides is 2. The highest BCUT2D eigenvalue weighted by atomic mass is 32.2. The van der Waals surface area contributed by atoms with Crippen LogP contribution in [-0.2, 0) is 16.0 Å². The minimum Gasteiger partial charge on any atom is -0.326 e. The molecule has 0 saturated carbocycles. The zero-order valence-electron chi connectivity index (χ0n) is 18.5. The lowest BCUT2D eigenvalue weighted by atomic mass is 10.0. The molecule has 1 fully saturated rings. The van der Waals surface area contributed by atoms with Gasteiger partial charge in [-0.25, -0.2) is 0 Å². The van der Waals surface area contributed by atoms with E-state index in [4.69, 9.17) is 0 Å². The number of hydrogen-bond acceptors (Lipinski definition) is 3. The SMILES string of the molecule is CC(C)c1ccc(N2C(=O)CSC2c2ccc(NC(=O)CCc3ccccc3)cc2)cc1. The van der Waals surface area contributed by atoms with Gasteiger partial charge >= 0.3 is 0 Å². The van der Waals surface area contributed by atoms with Gasteiger partial charge in [0.15, 0.2) is 0 Å². The molecule has 1 N–H and O–H groups in total. The predicted molar refractivity (Wildman–Crippen MR) is 133 cm³/mol. The third kappa shape index (κ3) is 5.22. The van der Waals surface area contributed by atoms with Crippen LogP contribution in [0.3, 0.4) is 0 Å². The Labute approximate surface area is 194 Å². The van der Waals surface area contributed by atoms with E-state index in [1.807, 2.05) is 71.6 Å². The van der Waals surface area contributed by atoms with Crippen LogP contribution in [0.25, 0.3) is 0 Å². The van der Waals surface area contributed by atoms with Crippen molar-refractivity contribution in [3.8, 4) is 0 Å². The minimum atomic E-state index is -0.0600. The largest absolute Gasteiger partial charge is 0.326 e. The average Bonchev–Trinajstić information content (AvgIpc) is 3.20. The lowest BCUT2D eigenvalue weighted by Gasteiger charge is -2.25. The number of anilines is 2. The van der Waals surface area contributed by atoms with Crippen LogP contribution in [0.5, 0.6) is 0 Å². The second-order valence-corrected chi connectivity index (χ2v) is 9.40. The molecule has 4 nitrogen and oxygen atoms in total. The number of rotatable bonds is 7. The van der Waals surface area contributed by atoms with Gasteiger partial charge in [-0.05, 0) is 53.3 Å². The molecule has 1 aliphatic heterocycles. The summed E-state index contributed by atoms with van der Waals surface area (Å²) in [6, 6.07) is 26.1. The van der Waals surface area contributed by atoms with Crippen molar-refractivity contribution in [2.75, 3.05) is 16.0 Å². The Bertz CT molecular complexity index is 1060. The van der Waals surface area contributed by atoms with E-state index in [9.17, 15) is 9.59 Å². The van der Waals surface area contributed by atoms with Gasteiger partial charge in [-0.1, -0.05) is 68.4 Å². The van der Waals surface area contributed by atoms with Crippen molar-refractivity contribution in [2.24, 2.45) is 0 Å². The molecule has 5 heteroatoms. The molecule has 0 radical (unpaired) electrons. The van der Waals surface area contributed by atoms with Crippen molar-refractivity contribution in [1.29, 1.82) is 0 Å². The molecule has 4 rings (SSSR count). The van der Waals surface area contributed by atoms with Crippen molar-refractivity contribution in [3.63, 3.8) is 0 Å². The number of hydrogen-bond donors (Lipinski definition) is 1. The van der Waals surface area contributed by atoms with E-state index in [1.54, 1.807) is 11.8 Å². The Morgan fingerprint density at radius 2 is 1.69 bits per heavy atom. The first-order valence-electron chi connectivity index (χ1n) is 11.0. The van der Waals surface area contributed by atoms with E-state index in [1.165, 1.54) is 5.56 Å². The zero-order chi connectivity index (χ0) is 22.5. The zero-order valence-corrected chi connectivity index (χ0v) is 19.3. The molecule has 0 aliphatic carbocycles. The molecule has 32 heavy (non-hydrogen) atoms. The first-order valence-corrected chi connectivity index (χ1v) is 12.0. The van der Waals surface area contributed by atoms with Crippen LogP contribution in [0, 0.1) is 0 Å². The first-order chi connectivity index (χ1) is 15.5. The molecule has 1 aliphatic rings. The third-order valence-electron chi connectivity index (χ3n) is 5.67. The average molecular weight is 445 g/mol. The number of thioether (sulfide) groups is 1. The molecule has 3 aromatic carbocycles. The van der Waals surface area contributed by atoms with Crippen molar-refractivity contribution < 1.29 is 9.59 Å². The second-order valence-electron chi connectivity index (χ2n) is 8.33.